The Balaban J connectivity index is 1.66. The van der Waals surface area contributed by atoms with Crippen molar-refractivity contribution in [3.63, 3.8) is 0 Å². The lowest BCUT2D eigenvalue weighted by molar-refractivity contribution is -0.765. The Morgan fingerprint density at radius 3 is 2.68 bits per heavy atom. The molecule has 0 bridgehead atoms. The highest BCUT2D eigenvalue weighted by molar-refractivity contribution is 6.08. The van der Waals surface area contributed by atoms with E-state index in [9.17, 15) is 30.0 Å². The van der Waals surface area contributed by atoms with E-state index in [0.29, 0.717) is 11.3 Å². The fourth-order valence-corrected chi connectivity index (χ4v) is 3.12. The molecule has 0 saturated carbocycles. The first-order chi connectivity index (χ1) is 14.8. The molecule has 10 nitrogen and oxygen atoms in total. The van der Waals surface area contributed by atoms with Crippen LogP contribution in [0.15, 0.2) is 48.8 Å². The summed E-state index contributed by atoms with van der Waals surface area (Å²) in [6, 6.07) is 7.56. The normalized spacial score (nSPS) is 23.1. The second-order valence-corrected chi connectivity index (χ2v) is 6.85. The number of methoxy groups -OCH3 is 1. The Morgan fingerprint density at radius 2 is 2.03 bits per heavy atom. The second-order valence-electron chi connectivity index (χ2n) is 6.85. The molecule has 0 spiro atoms. The highest BCUT2D eigenvalue weighted by Crippen LogP contribution is 2.27. The Kier molecular flexibility index (Phi) is 6.98. The van der Waals surface area contributed by atoms with Crippen molar-refractivity contribution in [1.82, 2.24) is 5.32 Å². The van der Waals surface area contributed by atoms with Crippen molar-refractivity contribution < 1.29 is 44.1 Å². The minimum absolute atomic E-state index is 0.0835. The zero-order valence-electron chi connectivity index (χ0n) is 16.6. The average Bonchev–Trinajstić information content (AvgIpc) is 3.06. The molecule has 1 saturated heterocycles. The van der Waals surface area contributed by atoms with Gasteiger partial charge in [-0.25, -0.2) is 0 Å². The van der Waals surface area contributed by atoms with Crippen LogP contribution in [-0.4, -0.2) is 64.3 Å². The van der Waals surface area contributed by atoms with E-state index in [1.807, 2.05) is 0 Å². The van der Waals surface area contributed by atoms with Gasteiger partial charge in [-0.15, -0.1) is 0 Å². The zero-order chi connectivity index (χ0) is 22.5. The maximum absolute atomic E-state index is 12.4. The lowest BCUT2D eigenvalue weighted by atomic mass is 10.1. The molecule has 0 aliphatic carbocycles. The van der Waals surface area contributed by atoms with E-state index in [-0.39, 0.29) is 11.3 Å². The van der Waals surface area contributed by atoms with Gasteiger partial charge in [-0.1, -0.05) is 6.07 Å². The van der Waals surface area contributed by atoms with Crippen LogP contribution in [0.4, 0.5) is 0 Å². The number of imide groups is 1. The van der Waals surface area contributed by atoms with E-state index in [1.54, 1.807) is 12.1 Å². The van der Waals surface area contributed by atoms with Gasteiger partial charge in [0.1, 0.15) is 17.8 Å². The molecule has 1 aromatic carbocycles. The van der Waals surface area contributed by atoms with Gasteiger partial charge >= 0.3 is 0 Å². The molecule has 3 rings (SSSR count). The zero-order valence-corrected chi connectivity index (χ0v) is 16.6. The monoisotopic (exact) mass is 431 g/mol. The molecule has 1 aliphatic heterocycles. The van der Waals surface area contributed by atoms with Gasteiger partial charge in [-0.05, 0) is 29.8 Å². The smallest absolute Gasteiger partial charge is 0.292 e. The number of rotatable bonds is 6. The lowest BCUT2D eigenvalue weighted by Crippen LogP contribution is -2.46. The fraction of sp³-hybridized carbons (Fsp3) is 0.286. The van der Waals surface area contributed by atoms with Crippen LogP contribution < -0.4 is 14.6 Å². The lowest BCUT2D eigenvalue weighted by Gasteiger charge is -2.10. The fourth-order valence-electron chi connectivity index (χ4n) is 3.12. The summed E-state index contributed by atoms with van der Waals surface area (Å²) in [5, 5.41) is 41.2. The van der Waals surface area contributed by atoms with E-state index in [0.717, 1.165) is 6.08 Å². The number of amides is 2. The van der Waals surface area contributed by atoms with Crippen LogP contribution in [0.5, 0.6) is 11.5 Å². The maximum Gasteiger partial charge on any atom is 0.292 e. The average molecular weight is 431 g/mol. The molecule has 0 radical (unpaired) electrons. The van der Waals surface area contributed by atoms with Gasteiger partial charge in [0.2, 0.25) is 0 Å². The standard InChI is InChI=1S/C21H22N2O8/c1-30-15-6-4-12(9-14(15)25)5-7-17(26)22-20(29)13-3-2-8-23(10-13)21-19(28)18(27)16(11-24)31-21/h2-10,16,18-19,21,24,27-28H,11H2,1H3,(H-,22,25,26,29)/p+1/b7-5+/t16-,18-,19-,21-/m1/s1. The summed E-state index contributed by atoms with van der Waals surface area (Å²) in [7, 11) is 1.42. The molecule has 1 aromatic heterocycles. The van der Waals surface area contributed by atoms with Crippen LogP contribution in [0.2, 0.25) is 0 Å². The molecule has 2 amide bonds. The number of nitrogens with one attached hydrogen (secondary N) is 1. The van der Waals surface area contributed by atoms with Crippen LogP contribution in [0.1, 0.15) is 22.1 Å². The summed E-state index contributed by atoms with van der Waals surface area (Å²) in [6.07, 6.45) is 0.916. The number of hydrogen-bond donors (Lipinski definition) is 5. The van der Waals surface area contributed by atoms with Crippen molar-refractivity contribution in [2.75, 3.05) is 13.7 Å². The third kappa shape index (κ3) is 5.06. The summed E-state index contributed by atoms with van der Waals surface area (Å²) < 4.78 is 11.7. The number of ether oxygens (including phenoxy) is 2. The van der Waals surface area contributed by atoms with Crippen LogP contribution >= 0.6 is 0 Å². The summed E-state index contributed by atoms with van der Waals surface area (Å²) in [6.45, 7) is -0.470. The predicted octanol–water partition coefficient (Wildman–Crippen LogP) is -0.730. The van der Waals surface area contributed by atoms with Crippen LogP contribution in [0, 0.1) is 0 Å². The molecule has 2 aromatic rings. The second kappa shape index (κ2) is 9.67. The largest absolute Gasteiger partial charge is 0.504 e. The number of benzene rings is 1. The molecule has 5 N–H and O–H groups in total. The van der Waals surface area contributed by atoms with E-state index < -0.39 is 43.0 Å². The SMILES string of the molecule is COc1ccc(/C=C/C(=O)NC(=O)c2ccc[n+]([C@@H]3O[C@H](CO)[C@@H](O)[C@H]3O)c2)cc1O. The molecule has 2 heterocycles. The number of aromatic hydroxyl groups is 1. The van der Waals surface area contributed by atoms with Crippen LogP contribution in [0.3, 0.4) is 0 Å². The van der Waals surface area contributed by atoms with Crippen molar-refractivity contribution in [3.8, 4) is 11.5 Å². The van der Waals surface area contributed by atoms with E-state index >= 15 is 0 Å². The first kappa shape index (κ1) is 22.4. The molecule has 164 valence electrons. The number of hydrogen-bond acceptors (Lipinski definition) is 8. The van der Waals surface area contributed by atoms with Gasteiger partial charge in [0, 0.05) is 12.1 Å². The summed E-state index contributed by atoms with van der Waals surface area (Å²) in [5.41, 5.74) is 0.645. The molecule has 4 atom stereocenters. The van der Waals surface area contributed by atoms with Crippen LogP contribution in [-0.2, 0) is 9.53 Å². The van der Waals surface area contributed by atoms with Gasteiger partial charge in [0.15, 0.2) is 30.0 Å². The molecule has 0 unspecified atom stereocenters. The van der Waals surface area contributed by atoms with Crippen molar-refractivity contribution >= 4 is 17.9 Å². The molecule has 1 aliphatic rings. The maximum atomic E-state index is 12.4. The highest BCUT2D eigenvalue weighted by atomic mass is 16.6. The number of phenols is 1. The number of aliphatic hydroxyl groups is 3. The molecule has 31 heavy (non-hydrogen) atoms. The van der Waals surface area contributed by atoms with Crippen molar-refractivity contribution in [1.29, 1.82) is 0 Å². The number of aliphatic hydroxyl groups excluding tert-OH is 3. The van der Waals surface area contributed by atoms with E-state index in [1.165, 1.54) is 48.3 Å². The summed E-state index contributed by atoms with van der Waals surface area (Å²) >= 11 is 0. The van der Waals surface area contributed by atoms with Gasteiger partial charge in [-0.3, -0.25) is 14.9 Å². The number of aromatic nitrogens is 1. The molecule has 10 heteroatoms. The number of phenolic OH excluding ortho intramolecular Hbond substituents is 1. The first-order valence-corrected chi connectivity index (χ1v) is 9.37. The quantitative estimate of drug-likeness (QED) is 0.297. The van der Waals surface area contributed by atoms with Crippen molar-refractivity contribution in [2.24, 2.45) is 0 Å². The van der Waals surface area contributed by atoms with Crippen LogP contribution in [0.25, 0.3) is 6.08 Å². The van der Waals surface area contributed by atoms with E-state index in [2.05, 4.69) is 5.32 Å². The number of carbonyl (C=O) groups is 2. The highest BCUT2D eigenvalue weighted by Gasteiger charge is 2.48. The van der Waals surface area contributed by atoms with Gasteiger partial charge in [0.25, 0.3) is 18.0 Å². The molecular weight excluding hydrogens is 408 g/mol. The molecule has 1 fully saturated rings. The minimum Gasteiger partial charge on any atom is -0.504 e. The Morgan fingerprint density at radius 1 is 1.26 bits per heavy atom. The third-order valence-corrected chi connectivity index (χ3v) is 4.76. The van der Waals surface area contributed by atoms with Gasteiger partial charge in [0.05, 0.1) is 13.7 Å². The predicted molar refractivity (Wildman–Crippen MR) is 106 cm³/mol. The minimum atomic E-state index is -1.30. The first-order valence-electron chi connectivity index (χ1n) is 9.37. The topological polar surface area (TPSA) is 149 Å². The third-order valence-electron chi connectivity index (χ3n) is 4.76. The Hall–Kier alpha value is -3.31. The van der Waals surface area contributed by atoms with Gasteiger partial charge < -0.3 is 29.9 Å². The summed E-state index contributed by atoms with van der Waals surface area (Å²) in [5.74, 6) is -1.15. The van der Waals surface area contributed by atoms with Gasteiger partial charge in [-0.2, -0.15) is 4.57 Å². The molecular formula is C21H23N2O8+. The number of nitrogens with zero attached hydrogens (tertiary/aromatic N) is 1. The Labute approximate surface area is 177 Å². The number of carbonyl (C=O) groups excluding carboxylic acids is 2. The number of pyridine rings is 1. The summed E-state index contributed by atoms with van der Waals surface area (Å²) in [4.78, 5) is 24.5. The van der Waals surface area contributed by atoms with Crippen molar-refractivity contribution in [3.05, 3.63) is 59.9 Å². The Bertz CT molecular complexity index is 993. The van der Waals surface area contributed by atoms with E-state index in [4.69, 9.17) is 9.47 Å². The van der Waals surface area contributed by atoms with Crippen molar-refractivity contribution in [2.45, 2.75) is 24.5 Å².